The number of hydrogen-bond acceptors (Lipinski definition) is 16. The van der Waals surface area contributed by atoms with Crippen molar-refractivity contribution in [3.8, 4) is 28.7 Å². The highest BCUT2D eigenvalue weighted by atomic mass is 19.1. The maximum atomic E-state index is 13.0. The predicted octanol–water partition coefficient (Wildman–Crippen LogP) is 22.6. The van der Waals surface area contributed by atoms with E-state index in [4.69, 9.17) is 58.7 Å². The molecule has 1 saturated heterocycles. The summed E-state index contributed by atoms with van der Waals surface area (Å²) in [4.78, 5) is 8.72. The van der Waals surface area contributed by atoms with Gasteiger partial charge in [-0.3, -0.25) is 9.97 Å². The Bertz CT molecular complexity index is 3090. The van der Waals surface area contributed by atoms with E-state index in [1.165, 1.54) is 125 Å². The Labute approximate surface area is 708 Å². The molecule has 10 atom stereocenters. The van der Waals surface area contributed by atoms with E-state index in [0.29, 0.717) is 35.7 Å². The van der Waals surface area contributed by atoms with E-state index >= 15 is 0 Å². The minimum Gasteiger partial charge on any atom is -0.491 e. The average Bonchev–Trinajstić information content (AvgIpc) is 0.821. The largest absolute Gasteiger partial charge is 0.491 e. The van der Waals surface area contributed by atoms with E-state index in [2.05, 4.69) is 98.3 Å². The first-order valence-electron chi connectivity index (χ1n) is 43.5. The highest BCUT2D eigenvalue weighted by molar-refractivity contribution is 5.39. The van der Waals surface area contributed by atoms with Gasteiger partial charge in [-0.25, -0.2) is 4.39 Å². The molecule has 2 aliphatic heterocycles. The molecule has 0 spiro atoms. The van der Waals surface area contributed by atoms with Gasteiger partial charge in [-0.05, 0) is 263 Å². The molecule has 3 aromatic carbocycles. The lowest BCUT2D eigenvalue weighted by molar-refractivity contribution is -0.139. The lowest BCUT2D eigenvalue weighted by Crippen LogP contribution is -2.43. The number of ether oxygens (including phenoxy) is 7. The Kier molecular flexibility index (Phi) is 64.3. The van der Waals surface area contributed by atoms with Gasteiger partial charge in [0.25, 0.3) is 0 Å². The van der Waals surface area contributed by atoms with Crippen molar-refractivity contribution in [2.75, 3.05) is 52.9 Å². The molecule has 2 saturated carbocycles. The molecule has 0 radical (unpaired) electrons. The van der Waals surface area contributed by atoms with E-state index < -0.39 is 5.60 Å². The number of aryl methyl sites for hydroxylation is 6. The smallest absolute Gasteiger partial charge is 0.144 e. The molecule has 16 nitrogen and oxygen atoms in total. The van der Waals surface area contributed by atoms with E-state index in [1.807, 2.05) is 95.4 Å². The number of aliphatic hydroxyl groups is 7. The lowest BCUT2D eigenvalue weighted by atomic mass is 9.73. The number of halogens is 1. The van der Waals surface area contributed by atoms with Crippen molar-refractivity contribution in [1.82, 2.24) is 9.97 Å². The maximum absolute atomic E-state index is 13.0. The van der Waals surface area contributed by atoms with Crippen molar-refractivity contribution in [2.24, 2.45) is 41.4 Å². The van der Waals surface area contributed by atoms with Crippen molar-refractivity contribution in [3.05, 3.63) is 137 Å². The van der Waals surface area contributed by atoms with Gasteiger partial charge in [0, 0.05) is 18.5 Å². The molecule has 670 valence electrons. The Morgan fingerprint density at radius 1 is 0.491 bits per heavy atom. The van der Waals surface area contributed by atoms with Gasteiger partial charge in [-0.1, -0.05) is 200 Å². The second-order valence-electron chi connectivity index (χ2n) is 33.7. The van der Waals surface area contributed by atoms with Gasteiger partial charge < -0.3 is 68.9 Å². The van der Waals surface area contributed by atoms with Crippen molar-refractivity contribution >= 4 is 0 Å². The van der Waals surface area contributed by atoms with Crippen LogP contribution >= 0.6 is 0 Å². The van der Waals surface area contributed by atoms with Gasteiger partial charge in [0.15, 0.2) is 0 Å². The minimum atomic E-state index is -0.512. The van der Waals surface area contributed by atoms with Crippen LogP contribution < -0.4 is 23.7 Å². The second-order valence-corrected chi connectivity index (χ2v) is 33.7. The molecular weight excluding hydrogens is 1460 g/mol. The maximum Gasteiger partial charge on any atom is 0.144 e. The number of unbranched alkanes of at least 4 members (excludes halogenated alkanes) is 3. The number of para-hydroxylation sites is 2. The van der Waals surface area contributed by atoms with Crippen LogP contribution in [-0.2, 0) is 48.0 Å². The molecule has 2 aromatic heterocycles. The van der Waals surface area contributed by atoms with Crippen LogP contribution in [0.1, 0.15) is 315 Å². The summed E-state index contributed by atoms with van der Waals surface area (Å²) in [6, 6.07) is 26.5. The Balaban J connectivity index is 0. The molecule has 9 rings (SSSR count). The van der Waals surface area contributed by atoms with Crippen LogP contribution in [0, 0.1) is 47.2 Å². The van der Waals surface area contributed by atoms with Gasteiger partial charge >= 0.3 is 0 Å². The zero-order valence-electron chi connectivity index (χ0n) is 72.5. The number of aromatic nitrogens is 2. The zero-order valence-corrected chi connectivity index (χ0v) is 72.5. The molecule has 0 amide bonds. The number of pyridine rings is 2. The molecule has 5 aromatic rings. The molecule has 3 fully saturated rings. The summed E-state index contributed by atoms with van der Waals surface area (Å²) < 4.78 is 53.3. The topological polar surface area (TPSA) is 232 Å². The predicted molar refractivity (Wildman–Crippen MR) is 483 cm³/mol. The molecule has 17 heteroatoms. The number of rotatable bonds is 38. The Morgan fingerprint density at radius 3 is 1.62 bits per heavy atom. The molecule has 4 aliphatic rings. The number of hydrogen-bond donors (Lipinski definition) is 7. The van der Waals surface area contributed by atoms with Gasteiger partial charge in [0.2, 0.25) is 0 Å². The third-order valence-electron chi connectivity index (χ3n) is 20.9. The Morgan fingerprint density at radius 2 is 1.03 bits per heavy atom. The fraction of sp³-hybridized carbons (Fsp3) is 0.717. The quantitative estimate of drug-likeness (QED) is 0.0195. The standard InChI is InChI=1S/C14H26O2.C14H28O2.2C14H22O2.C13H19FO2.C13H19NO2.C13H21NO2.4CH4/c1-2-3-5-11-6-4-7-12-8-9-13(10-15)16-14(11)12;2*1-11(2)8-9-13-6-4-5-7-14(13)16-12(3)10-15;1-4-5-8-12-9-6-7-10-13(12)16-14(2,3)11-15;1-10(2)3-4-11-5-6-12(14)9-13(11)16-8-7-15;1-2-3-4-12-13-10(7-8-14-12)5-6-11(9-15)16-13;1-10(2)6-7-12-13(5-4-8-14-12)16-11(3)9-15;;;;/h11-15H,2-10H2,1H3;11-15H,4-10H2,1-3H3;4-7,11-12,15H,8-10H2,1-3H3;6-7,9-10,15H,4-5,8,11H2,1-3H3;5-6,9-10,15H,3-4,7-8H2,1-2H3;7-8,11,15H,2-6,9H2,1H3;4-5,8,10-11,15H,6-7,9H2,1-3H3;4*1H4. The van der Waals surface area contributed by atoms with Crippen molar-refractivity contribution < 1.29 is 73.3 Å². The second kappa shape index (κ2) is 66.3. The summed E-state index contributed by atoms with van der Waals surface area (Å²) in [5, 5.41) is 63.2. The summed E-state index contributed by atoms with van der Waals surface area (Å²) in [6.07, 6.45) is 37.1. The van der Waals surface area contributed by atoms with E-state index in [-0.39, 0.29) is 119 Å². The van der Waals surface area contributed by atoms with E-state index in [1.54, 1.807) is 12.3 Å². The number of benzene rings is 3. The summed E-state index contributed by atoms with van der Waals surface area (Å²) in [6.45, 7) is 34.5. The molecule has 7 N–H and O–H groups in total. The van der Waals surface area contributed by atoms with E-state index in [9.17, 15) is 14.6 Å². The molecule has 0 bridgehead atoms. The van der Waals surface area contributed by atoms with Gasteiger partial charge in [0.05, 0.1) is 82.1 Å². The molecule has 2 aliphatic carbocycles. The highest BCUT2D eigenvalue weighted by Crippen LogP contribution is 2.41. The van der Waals surface area contributed by atoms with Gasteiger partial charge in [-0.15, -0.1) is 0 Å². The average molecular weight is 1630 g/mol. The highest BCUT2D eigenvalue weighted by Gasteiger charge is 2.38. The first-order chi connectivity index (χ1) is 53.8. The van der Waals surface area contributed by atoms with Crippen LogP contribution in [0.25, 0.3) is 0 Å². The third-order valence-corrected chi connectivity index (χ3v) is 20.9. The summed E-state index contributed by atoms with van der Waals surface area (Å²) in [5.74, 6) is 8.82. The van der Waals surface area contributed by atoms with Crippen molar-refractivity contribution in [3.63, 3.8) is 0 Å². The zero-order chi connectivity index (χ0) is 82.6. The van der Waals surface area contributed by atoms with Crippen LogP contribution in [-0.4, -0.2) is 147 Å². The van der Waals surface area contributed by atoms with Crippen molar-refractivity contribution in [1.29, 1.82) is 0 Å². The van der Waals surface area contributed by atoms with Gasteiger partial charge in [-0.2, -0.15) is 0 Å². The van der Waals surface area contributed by atoms with Gasteiger partial charge in [0.1, 0.15) is 65.1 Å². The first-order valence-corrected chi connectivity index (χ1v) is 43.5. The molecule has 116 heavy (non-hydrogen) atoms. The van der Waals surface area contributed by atoms with Crippen LogP contribution in [0.2, 0.25) is 0 Å². The SMILES string of the molecule is C.C.C.C.CC(C)CCC1CCCCC1OC(C)CO.CC(C)CCc1ccc(F)cc1OCCO.CC(C)CCc1ccccc1OC(C)CO.CC(C)CCc1ncccc1OC(C)CO.CCCCC1CCCC2CCC(CO)OC12.CCCCc1ccccc1OC(C)(C)CO.CCCCc1nccc2c1OC(CO)CC2. The number of fused-ring (bicyclic) bond motifs is 2. The lowest BCUT2D eigenvalue weighted by Gasteiger charge is -2.44. The summed E-state index contributed by atoms with van der Waals surface area (Å²) in [7, 11) is 0. The van der Waals surface area contributed by atoms with Crippen LogP contribution in [0.3, 0.4) is 0 Å². The minimum absolute atomic E-state index is 0. The van der Waals surface area contributed by atoms with Crippen molar-refractivity contribution in [2.45, 2.75) is 369 Å². The monoisotopic (exact) mass is 1630 g/mol. The summed E-state index contributed by atoms with van der Waals surface area (Å²) >= 11 is 0. The first kappa shape index (κ1) is 113. The third kappa shape index (κ3) is 46.9. The molecule has 4 heterocycles. The van der Waals surface area contributed by atoms with Crippen LogP contribution in [0.4, 0.5) is 4.39 Å². The number of nitrogens with zero attached hydrogens (tertiary/aromatic N) is 2. The molecule has 10 unspecified atom stereocenters. The molecular formula is C99H173FN2O14. The van der Waals surface area contributed by atoms with E-state index in [0.717, 1.165) is 147 Å². The fourth-order valence-corrected chi connectivity index (χ4v) is 14.0. The fourth-order valence-electron chi connectivity index (χ4n) is 14.0. The summed E-state index contributed by atoms with van der Waals surface area (Å²) in [5.41, 5.74) is 6.23. The normalized spacial score (nSPS) is 18.6. The number of aliphatic hydroxyl groups excluding tert-OH is 7. The van der Waals surface area contributed by atoms with Crippen LogP contribution in [0.15, 0.2) is 97.3 Å². The Hall–Kier alpha value is -5.47. The van der Waals surface area contributed by atoms with Crippen LogP contribution in [0.5, 0.6) is 28.7 Å².